The highest BCUT2D eigenvalue weighted by Crippen LogP contribution is 2.30. The first-order valence-electron chi connectivity index (χ1n) is 7.16. The molecule has 1 heterocycles. The zero-order valence-electron chi connectivity index (χ0n) is 13.0. The van der Waals surface area contributed by atoms with Crippen molar-refractivity contribution in [2.24, 2.45) is 0 Å². The Balaban J connectivity index is 2.42. The number of ether oxygens (including phenoxy) is 1. The maximum absolute atomic E-state index is 5.89. The van der Waals surface area contributed by atoms with Gasteiger partial charge in [0, 0.05) is 17.7 Å². The van der Waals surface area contributed by atoms with E-state index in [4.69, 9.17) is 4.74 Å². The monoisotopic (exact) mass is 272 g/mol. The summed E-state index contributed by atoms with van der Waals surface area (Å²) in [5.74, 6) is 0. The number of nitrogens with one attached hydrogen (secondary N) is 1. The van der Waals surface area contributed by atoms with Crippen LogP contribution < -0.4 is 5.32 Å². The van der Waals surface area contributed by atoms with Crippen molar-refractivity contribution in [3.05, 3.63) is 41.6 Å². The molecule has 0 aliphatic rings. The van der Waals surface area contributed by atoms with Crippen molar-refractivity contribution in [2.45, 2.75) is 39.3 Å². The van der Waals surface area contributed by atoms with Crippen molar-refractivity contribution >= 4 is 10.9 Å². The molecular weight excluding hydrogens is 248 g/mol. The first kappa shape index (κ1) is 14.9. The zero-order chi connectivity index (χ0) is 14.8. The van der Waals surface area contributed by atoms with E-state index in [1.54, 1.807) is 0 Å². The van der Waals surface area contributed by atoms with Gasteiger partial charge < -0.3 is 10.1 Å². The Labute approximate surface area is 121 Å². The molecule has 0 saturated carbocycles. The Morgan fingerprint density at radius 3 is 2.65 bits per heavy atom. The molecule has 0 saturated heterocycles. The van der Waals surface area contributed by atoms with Gasteiger partial charge in [0.25, 0.3) is 0 Å². The van der Waals surface area contributed by atoms with Crippen molar-refractivity contribution in [3.63, 3.8) is 0 Å². The van der Waals surface area contributed by atoms with Crippen LogP contribution in [0, 0.1) is 6.92 Å². The van der Waals surface area contributed by atoms with Crippen LogP contribution in [0.3, 0.4) is 0 Å². The fraction of sp³-hybridized carbons (Fsp3) is 0.471. The number of rotatable bonds is 5. The van der Waals surface area contributed by atoms with Gasteiger partial charge in [-0.3, -0.25) is 4.98 Å². The normalized spacial score (nSPS) is 13.7. The third-order valence-electron chi connectivity index (χ3n) is 3.69. The predicted octanol–water partition coefficient (Wildman–Crippen LogP) is 3.62. The van der Waals surface area contributed by atoms with Gasteiger partial charge in [-0.15, -0.1) is 0 Å². The molecule has 0 radical (unpaired) electrons. The molecule has 0 bridgehead atoms. The third kappa shape index (κ3) is 3.00. The molecular formula is C17H24N2O. The molecule has 1 aromatic heterocycles. The van der Waals surface area contributed by atoms with E-state index in [1.807, 2.05) is 27.0 Å². The van der Waals surface area contributed by atoms with Gasteiger partial charge in [0.1, 0.15) is 0 Å². The van der Waals surface area contributed by atoms with Crippen LogP contribution in [0.2, 0.25) is 0 Å². The van der Waals surface area contributed by atoms with Crippen LogP contribution in [-0.4, -0.2) is 24.2 Å². The van der Waals surface area contributed by atoms with Gasteiger partial charge in [0.15, 0.2) is 0 Å². The number of aromatic nitrogens is 1. The van der Waals surface area contributed by atoms with Crippen molar-refractivity contribution in [1.29, 1.82) is 0 Å². The standard InChI is InChI=1S/C17H24N2O/c1-6-20-17(3,4)16(18-5)14-9-10-15-13(11-14)8-7-12(2)19-15/h7-11,16,18H,6H2,1-5H3. The number of fused-ring (bicyclic) bond motifs is 1. The topological polar surface area (TPSA) is 34.1 Å². The number of hydrogen-bond acceptors (Lipinski definition) is 3. The van der Waals surface area contributed by atoms with E-state index in [2.05, 4.69) is 48.4 Å². The molecule has 3 nitrogen and oxygen atoms in total. The average Bonchev–Trinajstić information content (AvgIpc) is 2.39. The fourth-order valence-corrected chi connectivity index (χ4v) is 2.80. The van der Waals surface area contributed by atoms with Gasteiger partial charge >= 0.3 is 0 Å². The number of pyridine rings is 1. The van der Waals surface area contributed by atoms with E-state index in [0.717, 1.165) is 11.2 Å². The van der Waals surface area contributed by atoms with Gasteiger partial charge in [0.05, 0.1) is 17.2 Å². The molecule has 20 heavy (non-hydrogen) atoms. The maximum Gasteiger partial charge on any atom is 0.0820 e. The van der Waals surface area contributed by atoms with Gasteiger partial charge in [-0.1, -0.05) is 12.1 Å². The summed E-state index contributed by atoms with van der Waals surface area (Å²) < 4.78 is 5.89. The lowest BCUT2D eigenvalue weighted by molar-refractivity contribution is -0.0374. The van der Waals surface area contributed by atoms with E-state index in [-0.39, 0.29) is 11.6 Å². The van der Waals surface area contributed by atoms with Gasteiger partial charge in [-0.25, -0.2) is 0 Å². The fourth-order valence-electron chi connectivity index (χ4n) is 2.80. The molecule has 1 unspecified atom stereocenters. The molecule has 1 atom stereocenters. The van der Waals surface area contributed by atoms with Gasteiger partial charge in [-0.2, -0.15) is 0 Å². The SMILES string of the molecule is CCOC(C)(C)C(NC)c1ccc2nc(C)ccc2c1. The minimum Gasteiger partial charge on any atom is -0.374 e. The van der Waals surface area contributed by atoms with Crippen LogP contribution in [0.1, 0.15) is 38.1 Å². The second-order valence-electron chi connectivity index (χ2n) is 5.66. The number of aryl methyl sites for hydroxylation is 1. The van der Waals surface area contributed by atoms with Crippen molar-refractivity contribution in [3.8, 4) is 0 Å². The van der Waals surface area contributed by atoms with Crippen molar-refractivity contribution < 1.29 is 4.74 Å². The molecule has 2 aromatic rings. The van der Waals surface area contributed by atoms with Crippen LogP contribution in [0.15, 0.2) is 30.3 Å². The lowest BCUT2D eigenvalue weighted by atomic mass is 9.91. The Bertz CT molecular complexity index is 593. The lowest BCUT2D eigenvalue weighted by Gasteiger charge is -2.34. The highest BCUT2D eigenvalue weighted by molar-refractivity contribution is 5.79. The van der Waals surface area contributed by atoms with E-state index >= 15 is 0 Å². The first-order chi connectivity index (χ1) is 9.47. The van der Waals surface area contributed by atoms with Gasteiger partial charge in [-0.05, 0) is 58.5 Å². The van der Waals surface area contributed by atoms with Crippen LogP contribution in [0.4, 0.5) is 0 Å². The lowest BCUT2D eigenvalue weighted by Crippen LogP contribution is -2.40. The molecule has 0 amide bonds. The Kier molecular flexibility index (Phi) is 4.41. The molecule has 1 aromatic carbocycles. The van der Waals surface area contributed by atoms with E-state index in [0.29, 0.717) is 6.61 Å². The molecule has 0 spiro atoms. The number of likely N-dealkylation sites (N-methyl/N-ethyl adjacent to an activating group) is 1. The summed E-state index contributed by atoms with van der Waals surface area (Å²) in [6.07, 6.45) is 0. The van der Waals surface area contributed by atoms with Crippen LogP contribution in [-0.2, 0) is 4.74 Å². The molecule has 3 heteroatoms. The third-order valence-corrected chi connectivity index (χ3v) is 3.69. The summed E-state index contributed by atoms with van der Waals surface area (Å²) in [5.41, 5.74) is 3.06. The van der Waals surface area contributed by atoms with Crippen molar-refractivity contribution in [2.75, 3.05) is 13.7 Å². The van der Waals surface area contributed by atoms with Crippen molar-refractivity contribution in [1.82, 2.24) is 10.3 Å². The summed E-state index contributed by atoms with van der Waals surface area (Å²) >= 11 is 0. The molecule has 108 valence electrons. The van der Waals surface area contributed by atoms with E-state index in [1.165, 1.54) is 10.9 Å². The highest BCUT2D eigenvalue weighted by Gasteiger charge is 2.30. The summed E-state index contributed by atoms with van der Waals surface area (Å²) in [7, 11) is 1.98. The summed E-state index contributed by atoms with van der Waals surface area (Å²) in [6, 6.07) is 10.7. The predicted molar refractivity (Wildman–Crippen MR) is 84.0 cm³/mol. The first-order valence-corrected chi connectivity index (χ1v) is 7.16. The van der Waals surface area contributed by atoms with Crippen LogP contribution in [0.5, 0.6) is 0 Å². The van der Waals surface area contributed by atoms with E-state index < -0.39 is 0 Å². The maximum atomic E-state index is 5.89. The van der Waals surface area contributed by atoms with E-state index in [9.17, 15) is 0 Å². The minimum atomic E-state index is -0.255. The second kappa shape index (κ2) is 5.90. The molecule has 2 rings (SSSR count). The second-order valence-corrected chi connectivity index (χ2v) is 5.66. The minimum absolute atomic E-state index is 0.146. The average molecular weight is 272 g/mol. The van der Waals surface area contributed by atoms with Gasteiger partial charge in [0.2, 0.25) is 0 Å². The summed E-state index contributed by atoms with van der Waals surface area (Å²) in [5, 5.41) is 4.54. The Hall–Kier alpha value is -1.45. The smallest absolute Gasteiger partial charge is 0.0820 e. The largest absolute Gasteiger partial charge is 0.374 e. The summed E-state index contributed by atoms with van der Waals surface area (Å²) in [6.45, 7) is 8.99. The quantitative estimate of drug-likeness (QED) is 0.902. The number of benzene rings is 1. The molecule has 0 aliphatic carbocycles. The van der Waals surface area contributed by atoms with Crippen LogP contribution >= 0.6 is 0 Å². The van der Waals surface area contributed by atoms with Crippen LogP contribution in [0.25, 0.3) is 10.9 Å². The molecule has 0 fully saturated rings. The Morgan fingerprint density at radius 1 is 1.25 bits per heavy atom. The number of hydrogen-bond donors (Lipinski definition) is 1. The molecule has 1 N–H and O–H groups in total. The highest BCUT2D eigenvalue weighted by atomic mass is 16.5. The number of nitrogens with zero attached hydrogens (tertiary/aromatic N) is 1. The molecule has 0 aliphatic heterocycles. The Morgan fingerprint density at radius 2 is 2.00 bits per heavy atom. The summed E-state index contributed by atoms with van der Waals surface area (Å²) in [4.78, 5) is 4.55. The zero-order valence-corrected chi connectivity index (χ0v) is 13.0.